The first-order valence-corrected chi connectivity index (χ1v) is 6.11. The van der Waals surface area contributed by atoms with Crippen molar-refractivity contribution >= 4 is 11.6 Å². The van der Waals surface area contributed by atoms with Gasteiger partial charge in [0.05, 0.1) is 5.60 Å². The number of hydrogen-bond acceptors (Lipinski definition) is 2. The lowest BCUT2D eigenvalue weighted by Crippen LogP contribution is -2.31. The summed E-state index contributed by atoms with van der Waals surface area (Å²) in [5.41, 5.74) is 0.371. The highest BCUT2D eigenvalue weighted by molar-refractivity contribution is 6.31. The van der Waals surface area contributed by atoms with Crippen molar-refractivity contribution in [2.75, 3.05) is 13.2 Å². The molecule has 0 spiro atoms. The van der Waals surface area contributed by atoms with Crippen molar-refractivity contribution in [3.8, 4) is 0 Å². The van der Waals surface area contributed by atoms with Crippen LogP contribution in [0.1, 0.15) is 24.8 Å². The van der Waals surface area contributed by atoms with E-state index in [1.165, 1.54) is 0 Å². The van der Waals surface area contributed by atoms with Gasteiger partial charge < -0.3 is 9.84 Å². The van der Waals surface area contributed by atoms with Crippen molar-refractivity contribution in [1.82, 2.24) is 0 Å². The fourth-order valence-electron chi connectivity index (χ4n) is 2.17. The summed E-state index contributed by atoms with van der Waals surface area (Å²) in [6.45, 7) is 1.39. The third-order valence-corrected chi connectivity index (χ3v) is 3.49. The van der Waals surface area contributed by atoms with Crippen molar-refractivity contribution in [3.63, 3.8) is 0 Å². The summed E-state index contributed by atoms with van der Waals surface area (Å²) >= 11 is 6.10. The molecule has 1 aliphatic heterocycles. The van der Waals surface area contributed by atoms with Crippen LogP contribution in [0.4, 0.5) is 0 Å². The molecule has 0 radical (unpaired) electrons. The molecule has 0 amide bonds. The topological polar surface area (TPSA) is 29.5 Å². The molecule has 1 heterocycles. The molecule has 1 aromatic rings. The summed E-state index contributed by atoms with van der Waals surface area (Å²) in [6, 6.07) is 7.71. The van der Waals surface area contributed by atoms with Gasteiger partial charge in [-0.3, -0.25) is 0 Å². The van der Waals surface area contributed by atoms with Gasteiger partial charge in [-0.1, -0.05) is 29.8 Å². The second-order valence-electron chi connectivity index (χ2n) is 4.46. The van der Waals surface area contributed by atoms with Crippen molar-refractivity contribution in [3.05, 3.63) is 34.9 Å². The monoisotopic (exact) mass is 240 g/mol. The molecule has 1 unspecified atom stereocenters. The van der Waals surface area contributed by atoms with Crippen molar-refractivity contribution in [2.45, 2.75) is 31.3 Å². The maximum Gasteiger partial charge on any atom is 0.0711 e. The predicted octanol–water partition coefficient (Wildman–Crippen LogP) is 2.81. The molecule has 1 fully saturated rings. The van der Waals surface area contributed by atoms with E-state index < -0.39 is 5.60 Å². The van der Waals surface area contributed by atoms with Crippen LogP contribution in [0.25, 0.3) is 0 Å². The van der Waals surface area contributed by atoms with Crippen LogP contribution in [0.15, 0.2) is 24.3 Å². The smallest absolute Gasteiger partial charge is 0.0711 e. The first kappa shape index (κ1) is 11.9. The Bertz CT molecular complexity index is 344. The fourth-order valence-corrected chi connectivity index (χ4v) is 2.37. The number of halogens is 1. The molecule has 1 aromatic carbocycles. The van der Waals surface area contributed by atoms with Gasteiger partial charge in [-0.15, -0.1) is 0 Å². The maximum atomic E-state index is 10.5. The maximum absolute atomic E-state index is 10.5. The lowest BCUT2D eigenvalue weighted by Gasteiger charge is -2.26. The fraction of sp³-hybridized carbons (Fsp3) is 0.538. The molecule has 1 aliphatic rings. The highest BCUT2D eigenvalue weighted by Crippen LogP contribution is 2.28. The zero-order chi connectivity index (χ0) is 11.4. The predicted molar refractivity (Wildman–Crippen MR) is 64.8 cm³/mol. The van der Waals surface area contributed by atoms with Crippen molar-refractivity contribution in [1.29, 1.82) is 0 Å². The van der Waals surface area contributed by atoms with E-state index >= 15 is 0 Å². The summed E-state index contributed by atoms with van der Waals surface area (Å²) in [5.74, 6) is 0. The van der Waals surface area contributed by atoms with Crippen molar-refractivity contribution in [2.24, 2.45) is 0 Å². The van der Waals surface area contributed by atoms with Crippen LogP contribution in [0, 0.1) is 0 Å². The van der Waals surface area contributed by atoms with Gasteiger partial charge in [0.2, 0.25) is 0 Å². The molecule has 0 aliphatic carbocycles. The average molecular weight is 241 g/mol. The Labute approximate surface area is 101 Å². The molecule has 1 saturated heterocycles. The Kier molecular flexibility index (Phi) is 3.85. The summed E-state index contributed by atoms with van der Waals surface area (Å²) in [6.07, 6.45) is 3.02. The largest absolute Gasteiger partial charge is 0.389 e. The highest BCUT2D eigenvalue weighted by Gasteiger charge is 2.29. The van der Waals surface area contributed by atoms with E-state index in [0.29, 0.717) is 19.4 Å². The van der Waals surface area contributed by atoms with E-state index in [1.54, 1.807) is 0 Å². The second-order valence-corrected chi connectivity index (χ2v) is 4.87. The zero-order valence-electron chi connectivity index (χ0n) is 9.29. The van der Waals surface area contributed by atoms with Crippen LogP contribution < -0.4 is 0 Å². The standard InChI is InChI=1S/C13H17ClO2/c14-12-5-2-1-4-11(12)10-13(15)6-3-8-16-9-7-13/h1-2,4-5,15H,3,6-10H2. The molecule has 2 rings (SSSR count). The molecule has 1 atom stereocenters. The summed E-state index contributed by atoms with van der Waals surface area (Å²) < 4.78 is 5.36. The van der Waals surface area contributed by atoms with Crippen LogP contribution in [0.2, 0.25) is 5.02 Å². The number of benzene rings is 1. The molecule has 16 heavy (non-hydrogen) atoms. The van der Waals surface area contributed by atoms with E-state index in [2.05, 4.69) is 0 Å². The zero-order valence-corrected chi connectivity index (χ0v) is 10.0. The summed E-state index contributed by atoms with van der Waals surface area (Å²) in [5, 5.41) is 11.2. The first-order chi connectivity index (χ1) is 7.70. The molecule has 0 bridgehead atoms. The van der Waals surface area contributed by atoms with Crippen LogP contribution in [0.3, 0.4) is 0 Å². The molecule has 2 nitrogen and oxygen atoms in total. The molecule has 0 aromatic heterocycles. The number of rotatable bonds is 2. The van der Waals surface area contributed by atoms with Gasteiger partial charge in [0.25, 0.3) is 0 Å². The molecule has 3 heteroatoms. The van der Waals surface area contributed by atoms with Gasteiger partial charge in [0.15, 0.2) is 0 Å². The molecule has 1 N–H and O–H groups in total. The quantitative estimate of drug-likeness (QED) is 0.862. The Morgan fingerprint density at radius 1 is 1.25 bits per heavy atom. The van der Waals surface area contributed by atoms with E-state index in [-0.39, 0.29) is 0 Å². The van der Waals surface area contributed by atoms with Gasteiger partial charge >= 0.3 is 0 Å². The normalized spacial score (nSPS) is 26.4. The van der Waals surface area contributed by atoms with Gasteiger partial charge in [-0.05, 0) is 30.9 Å². The van der Waals surface area contributed by atoms with Crippen LogP contribution in [0.5, 0.6) is 0 Å². The van der Waals surface area contributed by atoms with Crippen LogP contribution in [-0.4, -0.2) is 23.9 Å². The lowest BCUT2D eigenvalue weighted by atomic mass is 9.88. The minimum absolute atomic E-state index is 0.621. The summed E-state index contributed by atoms with van der Waals surface area (Å²) in [4.78, 5) is 0. The van der Waals surface area contributed by atoms with E-state index in [1.807, 2.05) is 24.3 Å². The lowest BCUT2D eigenvalue weighted by molar-refractivity contribution is 0.0189. The van der Waals surface area contributed by atoms with Gasteiger partial charge in [0, 0.05) is 24.7 Å². The van der Waals surface area contributed by atoms with Crippen molar-refractivity contribution < 1.29 is 9.84 Å². The second kappa shape index (κ2) is 5.17. The highest BCUT2D eigenvalue weighted by atomic mass is 35.5. The third kappa shape index (κ3) is 2.97. The van der Waals surface area contributed by atoms with E-state index in [0.717, 1.165) is 30.0 Å². The molecular formula is C13H17ClO2. The Morgan fingerprint density at radius 3 is 2.88 bits per heavy atom. The van der Waals surface area contributed by atoms with Gasteiger partial charge in [-0.2, -0.15) is 0 Å². The van der Waals surface area contributed by atoms with Gasteiger partial charge in [0.1, 0.15) is 0 Å². The SMILES string of the molecule is OC1(Cc2ccccc2Cl)CCCOCC1. The van der Waals surface area contributed by atoms with Gasteiger partial charge in [-0.25, -0.2) is 0 Å². The first-order valence-electron chi connectivity index (χ1n) is 5.73. The minimum Gasteiger partial charge on any atom is -0.389 e. The number of ether oxygens (including phenoxy) is 1. The number of aliphatic hydroxyl groups is 1. The Hall–Kier alpha value is -0.570. The third-order valence-electron chi connectivity index (χ3n) is 3.12. The van der Waals surface area contributed by atoms with E-state index in [9.17, 15) is 5.11 Å². The van der Waals surface area contributed by atoms with Crippen LogP contribution >= 0.6 is 11.6 Å². The summed E-state index contributed by atoms with van der Waals surface area (Å²) in [7, 11) is 0. The molecule has 88 valence electrons. The minimum atomic E-state index is -0.651. The van der Waals surface area contributed by atoms with E-state index in [4.69, 9.17) is 16.3 Å². The molecular weight excluding hydrogens is 224 g/mol. The Balaban J connectivity index is 2.10. The average Bonchev–Trinajstić information content (AvgIpc) is 2.47. The number of hydrogen-bond donors (Lipinski definition) is 1. The molecule has 0 saturated carbocycles. The Morgan fingerprint density at radius 2 is 2.06 bits per heavy atom. The van der Waals surface area contributed by atoms with Crippen LogP contribution in [-0.2, 0) is 11.2 Å².